The van der Waals surface area contributed by atoms with Gasteiger partial charge in [-0.1, -0.05) is 54.6 Å². The molecule has 2 aliphatic rings. The minimum atomic E-state index is -1.04. The normalized spacial score (nSPS) is 17.7. The third kappa shape index (κ3) is 4.62. The Morgan fingerprint density at radius 1 is 0.971 bits per heavy atom. The lowest BCUT2D eigenvalue weighted by Gasteiger charge is -2.14. The van der Waals surface area contributed by atoms with Crippen molar-refractivity contribution in [3.8, 4) is 11.1 Å². The number of alkyl carbamates (subject to hydrolysis) is 1. The number of benzene rings is 3. The fourth-order valence-electron chi connectivity index (χ4n) is 4.77. The van der Waals surface area contributed by atoms with Crippen LogP contribution in [0, 0.1) is 18.8 Å². The minimum Gasteiger partial charge on any atom is -0.478 e. The van der Waals surface area contributed by atoms with Gasteiger partial charge in [0.25, 0.3) is 0 Å². The molecular weight excluding hydrogens is 444 g/mol. The molecule has 0 unspecified atom stereocenters. The lowest BCUT2D eigenvalue weighted by Crippen LogP contribution is -2.29. The van der Waals surface area contributed by atoms with E-state index in [9.17, 15) is 14.4 Å². The van der Waals surface area contributed by atoms with Crippen LogP contribution < -0.4 is 10.6 Å². The lowest BCUT2D eigenvalue weighted by atomic mass is 9.98. The van der Waals surface area contributed by atoms with Crippen molar-refractivity contribution >= 4 is 23.7 Å². The topological polar surface area (TPSA) is 105 Å². The molecule has 3 N–H and O–H groups in total. The average molecular weight is 471 g/mol. The van der Waals surface area contributed by atoms with Crippen LogP contribution in [0.25, 0.3) is 11.1 Å². The second kappa shape index (κ2) is 9.25. The van der Waals surface area contributed by atoms with E-state index in [-0.39, 0.29) is 35.8 Å². The van der Waals surface area contributed by atoms with Crippen LogP contribution in [-0.4, -0.2) is 36.2 Å². The van der Waals surface area contributed by atoms with E-state index in [0.29, 0.717) is 18.7 Å². The lowest BCUT2D eigenvalue weighted by molar-refractivity contribution is -0.117. The fourth-order valence-corrected chi connectivity index (χ4v) is 4.77. The van der Waals surface area contributed by atoms with Crippen molar-refractivity contribution in [2.24, 2.45) is 11.8 Å². The van der Waals surface area contributed by atoms with Crippen LogP contribution in [0.1, 0.15) is 39.4 Å². The van der Waals surface area contributed by atoms with E-state index in [4.69, 9.17) is 9.84 Å². The second-order valence-corrected chi connectivity index (χ2v) is 9.13. The molecule has 2 atom stereocenters. The molecule has 0 spiro atoms. The predicted molar refractivity (Wildman–Crippen MR) is 131 cm³/mol. The van der Waals surface area contributed by atoms with Crippen molar-refractivity contribution in [3.63, 3.8) is 0 Å². The number of carbonyl (C=O) groups excluding carboxylic acids is 2. The van der Waals surface area contributed by atoms with Crippen LogP contribution >= 0.6 is 0 Å². The van der Waals surface area contributed by atoms with Gasteiger partial charge in [0.05, 0.1) is 5.56 Å². The Hall–Kier alpha value is -4.13. The van der Waals surface area contributed by atoms with Gasteiger partial charge < -0.3 is 20.5 Å². The molecule has 7 heteroatoms. The molecule has 3 aromatic rings. The SMILES string of the molecule is Cc1ccc(C(=O)O)cc1NC(=O)[C@@H]1C[C@@H]1CNC(=O)OCC1c2ccccc2-c2ccccc21. The zero-order chi connectivity index (χ0) is 24.5. The van der Waals surface area contributed by atoms with Gasteiger partial charge >= 0.3 is 12.1 Å². The van der Waals surface area contributed by atoms with Crippen molar-refractivity contribution < 1.29 is 24.2 Å². The molecule has 0 aliphatic heterocycles. The Bertz CT molecular complexity index is 1270. The number of carboxylic acids is 1. The molecule has 0 radical (unpaired) electrons. The zero-order valence-corrected chi connectivity index (χ0v) is 19.3. The number of aryl methyl sites for hydroxylation is 1. The van der Waals surface area contributed by atoms with Gasteiger partial charge in [0, 0.05) is 24.1 Å². The third-order valence-corrected chi connectivity index (χ3v) is 6.85. The molecule has 2 aliphatic carbocycles. The van der Waals surface area contributed by atoms with Crippen LogP contribution in [0.3, 0.4) is 0 Å². The maximum atomic E-state index is 12.6. The van der Waals surface area contributed by atoms with E-state index >= 15 is 0 Å². The summed E-state index contributed by atoms with van der Waals surface area (Å²) in [6.45, 7) is 2.40. The summed E-state index contributed by atoms with van der Waals surface area (Å²) < 4.78 is 5.55. The molecule has 7 nitrogen and oxygen atoms in total. The molecule has 0 aromatic heterocycles. The molecular formula is C28H26N2O5. The number of fused-ring (bicyclic) bond motifs is 3. The first kappa shape index (κ1) is 22.7. The highest BCUT2D eigenvalue weighted by Crippen LogP contribution is 2.44. The number of hydrogen-bond acceptors (Lipinski definition) is 4. The van der Waals surface area contributed by atoms with Crippen LogP contribution in [0.2, 0.25) is 0 Å². The summed E-state index contributed by atoms with van der Waals surface area (Å²) in [5.74, 6) is -1.42. The van der Waals surface area contributed by atoms with Crippen molar-refractivity contribution in [1.29, 1.82) is 0 Å². The molecule has 5 rings (SSSR count). The highest BCUT2D eigenvalue weighted by molar-refractivity contribution is 5.97. The van der Waals surface area contributed by atoms with E-state index in [1.165, 1.54) is 23.3 Å². The Kier molecular flexibility index (Phi) is 5.99. The number of anilines is 1. The quantitative estimate of drug-likeness (QED) is 0.460. The molecule has 35 heavy (non-hydrogen) atoms. The Morgan fingerprint density at radius 2 is 1.63 bits per heavy atom. The summed E-state index contributed by atoms with van der Waals surface area (Å²) in [4.78, 5) is 36.2. The van der Waals surface area contributed by atoms with E-state index in [1.807, 2.05) is 31.2 Å². The smallest absolute Gasteiger partial charge is 0.407 e. The summed E-state index contributed by atoms with van der Waals surface area (Å²) in [5.41, 5.74) is 6.06. The number of aromatic carboxylic acids is 1. The van der Waals surface area contributed by atoms with Crippen LogP contribution in [0.5, 0.6) is 0 Å². The average Bonchev–Trinajstić information content (AvgIpc) is 3.58. The van der Waals surface area contributed by atoms with Crippen molar-refractivity contribution in [2.75, 3.05) is 18.5 Å². The van der Waals surface area contributed by atoms with Gasteiger partial charge in [-0.3, -0.25) is 4.79 Å². The van der Waals surface area contributed by atoms with E-state index in [2.05, 4.69) is 34.9 Å². The van der Waals surface area contributed by atoms with Crippen LogP contribution in [-0.2, 0) is 9.53 Å². The Balaban J connectivity index is 1.11. The number of hydrogen-bond donors (Lipinski definition) is 3. The fraction of sp³-hybridized carbons (Fsp3) is 0.250. The first-order valence-corrected chi connectivity index (χ1v) is 11.7. The van der Waals surface area contributed by atoms with Gasteiger partial charge in [0.15, 0.2) is 0 Å². The van der Waals surface area contributed by atoms with E-state index < -0.39 is 12.1 Å². The van der Waals surface area contributed by atoms with E-state index in [1.54, 1.807) is 6.07 Å². The van der Waals surface area contributed by atoms with Crippen molar-refractivity contribution in [3.05, 3.63) is 89.0 Å². The second-order valence-electron chi connectivity index (χ2n) is 9.13. The van der Waals surface area contributed by atoms with Gasteiger partial charge in [0.2, 0.25) is 5.91 Å². The van der Waals surface area contributed by atoms with Gasteiger partial charge in [-0.15, -0.1) is 0 Å². The predicted octanol–water partition coefficient (Wildman–Crippen LogP) is 4.81. The maximum Gasteiger partial charge on any atom is 0.407 e. The highest BCUT2D eigenvalue weighted by atomic mass is 16.5. The Labute approximate surface area is 203 Å². The number of carboxylic acid groups (broad SMARTS) is 1. The maximum absolute atomic E-state index is 12.6. The number of ether oxygens (including phenoxy) is 1. The first-order valence-electron chi connectivity index (χ1n) is 11.7. The number of nitrogens with one attached hydrogen (secondary N) is 2. The third-order valence-electron chi connectivity index (χ3n) is 6.85. The highest BCUT2D eigenvalue weighted by Gasteiger charge is 2.43. The molecule has 0 saturated heterocycles. The van der Waals surface area contributed by atoms with Gasteiger partial charge in [-0.2, -0.15) is 0 Å². The largest absolute Gasteiger partial charge is 0.478 e. The molecule has 1 saturated carbocycles. The summed E-state index contributed by atoms with van der Waals surface area (Å²) in [5, 5.41) is 14.8. The first-order chi connectivity index (χ1) is 16.9. The monoisotopic (exact) mass is 470 g/mol. The van der Waals surface area contributed by atoms with Crippen LogP contribution in [0.15, 0.2) is 66.7 Å². The molecule has 178 valence electrons. The molecule has 2 amide bonds. The number of amides is 2. The molecule has 1 fully saturated rings. The van der Waals surface area contributed by atoms with Gasteiger partial charge in [0.1, 0.15) is 6.61 Å². The number of rotatable bonds is 7. The summed E-state index contributed by atoms with van der Waals surface area (Å²) in [6.07, 6.45) is 0.163. The zero-order valence-electron chi connectivity index (χ0n) is 19.3. The van der Waals surface area contributed by atoms with Gasteiger partial charge in [-0.25, -0.2) is 9.59 Å². The molecule has 3 aromatic carbocycles. The van der Waals surface area contributed by atoms with Crippen molar-refractivity contribution in [1.82, 2.24) is 5.32 Å². The molecule has 0 heterocycles. The summed E-state index contributed by atoms with van der Waals surface area (Å²) >= 11 is 0. The van der Waals surface area contributed by atoms with Crippen molar-refractivity contribution in [2.45, 2.75) is 19.3 Å². The number of carbonyl (C=O) groups is 3. The summed E-state index contributed by atoms with van der Waals surface area (Å²) in [6, 6.07) is 21.0. The van der Waals surface area contributed by atoms with Crippen LogP contribution in [0.4, 0.5) is 10.5 Å². The Morgan fingerprint density at radius 3 is 2.29 bits per heavy atom. The standard InChI is InChI=1S/C28H26N2O5/c1-16-10-11-17(27(32)33)13-25(16)30-26(31)23-12-18(23)14-29-28(34)35-15-24-21-8-4-2-6-19(21)20-7-3-5-9-22(20)24/h2-11,13,18,23-24H,12,14-15H2,1H3,(H,29,34)(H,30,31)(H,32,33)/t18-,23-/m1/s1. The summed E-state index contributed by atoms with van der Waals surface area (Å²) in [7, 11) is 0. The minimum absolute atomic E-state index is 0.00240. The van der Waals surface area contributed by atoms with Gasteiger partial charge in [-0.05, 0) is 59.2 Å². The van der Waals surface area contributed by atoms with E-state index in [0.717, 1.165) is 16.7 Å². The molecule has 0 bridgehead atoms.